The van der Waals surface area contributed by atoms with Gasteiger partial charge in [-0.25, -0.2) is 9.18 Å². The molecule has 156 valence electrons. The summed E-state index contributed by atoms with van der Waals surface area (Å²) in [6.07, 6.45) is 2.96. The van der Waals surface area contributed by atoms with E-state index in [4.69, 9.17) is 0 Å². The molecule has 0 bridgehead atoms. The van der Waals surface area contributed by atoms with Gasteiger partial charge in [-0.05, 0) is 49.2 Å². The van der Waals surface area contributed by atoms with Crippen LogP contribution in [-0.2, 0) is 19.7 Å². The molecule has 30 heavy (non-hydrogen) atoms. The number of methoxy groups -OCH3 is 1. The van der Waals surface area contributed by atoms with Gasteiger partial charge in [0, 0.05) is 28.9 Å². The summed E-state index contributed by atoms with van der Waals surface area (Å²) in [7, 11) is 1.26. The van der Waals surface area contributed by atoms with Crippen LogP contribution in [0.3, 0.4) is 0 Å². The number of fused-ring (bicyclic) bond motifs is 2. The molecule has 1 fully saturated rings. The number of hydrogen-bond donors (Lipinski definition) is 2. The van der Waals surface area contributed by atoms with Crippen LogP contribution >= 0.6 is 0 Å². The maximum absolute atomic E-state index is 14.6. The molecule has 0 atom stereocenters. The number of carbonyl (C=O) groups is 3. The van der Waals surface area contributed by atoms with E-state index < -0.39 is 23.3 Å². The van der Waals surface area contributed by atoms with Gasteiger partial charge in [-0.2, -0.15) is 0 Å². The molecule has 1 aliphatic carbocycles. The third-order valence-corrected chi connectivity index (χ3v) is 5.85. The van der Waals surface area contributed by atoms with Crippen LogP contribution in [0.1, 0.15) is 31.2 Å². The molecule has 0 aromatic heterocycles. The highest BCUT2D eigenvalue weighted by atomic mass is 19.1. The summed E-state index contributed by atoms with van der Waals surface area (Å²) in [6.45, 7) is 0.317. The Morgan fingerprint density at radius 2 is 1.63 bits per heavy atom. The lowest BCUT2D eigenvalue weighted by Gasteiger charge is -2.24. The van der Waals surface area contributed by atoms with Gasteiger partial charge in [-0.1, -0.05) is 18.9 Å². The molecule has 0 saturated heterocycles. The second-order valence-corrected chi connectivity index (χ2v) is 7.66. The van der Waals surface area contributed by atoms with Crippen molar-refractivity contribution in [3.05, 3.63) is 53.8 Å². The van der Waals surface area contributed by atoms with Gasteiger partial charge in [0.15, 0.2) is 0 Å². The number of amides is 3. The number of rotatable bonds is 2. The Morgan fingerprint density at radius 1 is 1.00 bits per heavy atom. The van der Waals surface area contributed by atoms with Gasteiger partial charge in [0.25, 0.3) is 0 Å². The molecule has 4 rings (SSSR count). The van der Waals surface area contributed by atoms with Gasteiger partial charge in [-0.3, -0.25) is 14.9 Å². The summed E-state index contributed by atoms with van der Waals surface area (Å²) >= 11 is 0. The second kappa shape index (κ2) is 7.78. The zero-order valence-electron chi connectivity index (χ0n) is 16.5. The Morgan fingerprint density at radius 3 is 2.27 bits per heavy atom. The standard InChI is InChI=1S/C22H22FN3O4/c1-30-21(29)25-15-9-7-14(8-10-15)24-19(27)20(28)26-13-22(11-2-3-12-22)18-16(23)5-4-6-17(18)26/h4-10H,2-3,11-13H2,1H3,(H,24,27)(H,25,29). The molecule has 2 aromatic rings. The van der Waals surface area contributed by atoms with Gasteiger partial charge in [0.05, 0.1) is 12.8 Å². The van der Waals surface area contributed by atoms with Gasteiger partial charge < -0.3 is 15.0 Å². The van der Waals surface area contributed by atoms with Gasteiger partial charge >= 0.3 is 17.9 Å². The molecule has 0 unspecified atom stereocenters. The molecule has 2 aromatic carbocycles. The van der Waals surface area contributed by atoms with Crippen LogP contribution in [0.25, 0.3) is 0 Å². The van der Waals surface area contributed by atoms with Crippen molar-refractivity contribution in [3.8, 4) is 0 Å². The number of hydrogen-bond acceptors (Lipinski definition) is 4. The third kappa shape index (κ3) is 3.49. The van der Waals surface area contributed by atoms with Crippen LogP contribution < -0.4 is 15.5 Å². The van der Waals surface area contributed by atoms with E-state index in [2.05, 4.69) is 15.4 Å². The monoisotopic (exact) mass is 411 g/mol. The molecular formula is C22H22FN3O4. The molecule has 0 radical (unpaired) electrons. The molecule has 1 spiro atoms. The fourth-order valence-electron chi connectivity index (χ4n) is 4.48. The fraction of sp³-hybridized carbons (Fsp3) is 0.318. The summed E-state index contributed by atoms with van der Waals surface area (Å²) in [5, 5.41) is 5.07. The van der Waals surface area contributed by atoms with E-state index in [1.165, 1.54) is 18.1 Å². The first kappa shape index (κ1) is 19.9. The van der Waals surface area contributed by atoms with E-state index in [-0.39, 0.29) is 5.82 Å². The topological polar surface area (TPSA) is 87.7 Å². The highest BCUT2D eigenvalue weighted by molar-refractivity contribution is 6.44. The number of carbonyl (C=O) groups excluding carboxylic acids is 3. The number of nitrogens with one attached hydrogen (secondary N) is 2. The molecule has 7 nitrogen and oxygen atoms in total. The minimum absolute atomic E-state index is 0.317. The second-order valence-electron chi connectivity index (χ2n) is 7.66. The van der Waals surface area contributed by atoms with E-state index >= 15 is 0 Å². The minimum atomic E-state index is -0.797. The van der Waals surface area contributed by atoms with E-state index in [1.807, 2.05) is 0 Å². The first-order chi connectivity index (χ1) is 14.4. The Bertz CT molecular complexity index is 1000. The molecule has 1 saturated carbocycles. The predicted octanol–water partition coefficient (Wildman–Crippen LogP) is 3.80. The molecule has 1 heterocycles. The van der Waals surface area contributed by atoms with Gasteiger partial charge in [0.1, 0.15) is 5.82 Å². The highest BCUT2D eigenvalue weighted by Gasteiger charge is 2.48. The zero-order valence-corrected chi connectivity index (χ0v) is 16.5. The summed E-state index contributed by atoms with van der Waals surface area (Å²) in [6, 6.07) is 10.9. The molecule has 1 aliphatic heterocycles. The molecule has 8 heteroatoms. The lowest BCUT2D eigenvalue weighted by molar-refractivity contribution is -0.134. The summed E-state index contributed by atoms with van der Waals surface area (Å²) in [4.78, 5) is 38.2. The van der Waals surface area contributed by atoms with Crippen molar-refractivity contribution in [2.24, 2.45) is 0 Å². The van der Waals surface area contributed by atoms with Crippen molar-refractivity contribution in [1.82, 2.24) is 0 Å². The normalized spacial score (nSPS) is 16.3. The largest absolute Gasteiger partial charge is 0.453 e. The first-order valence-corrected chi connectivity index (χ1v) is 9.80. The van der Waals surface area contributed by atoms with Crippen LogP contribution in [0.2, 0.25) is 0 Å². The van der Waals surface area contributed by atoms with Crippen LogP contribution in [0, 0.1) is 5.82 Å². The molecule has 2 aliphatic rings. The summed E-state index contributed by atoms with van der Waals surface area (Å²) in [5.74, 6) is -1.84. The van der Waals surface area contributed by atoms with Crippen molar-refractivity contribution in [2.45, 2.75) is 31.1 Å². The lowest BCUT2D eigenvalue weighted by atomic mass is 9.80. The Kier molecular flexibility index (Phi) is 5.15. The summed E-state index contributed by atoms with van der Waals surface area (Å²) < 4.78 is 19.2. The third-order valence-electron chi connectivity index (χ3n) is 5.85. The van der Waals surface area contributed by atoms with Crippen molar-refractivity contribution >= 4 is 35.0 Å². The van der Waals surface area contributed by atoms with E-state index in [0.717, 1.165) is 25.7 Å². The number of halogens is 1. The first-order valence-electron chi connectivity index (χ1n) is 9.80. The van der Waals surface area contributed by atoms with Gasteiger partial charge in [0.2, 0.25) is 0 Å². The average molecular weight is 411 g/mol. The van der Waals surface area contributed by atoms with Crippen LogP contribution in [-0.4, -0.2) is 31.6 Å². The summed E-state index contributed by atoms with van der Waals surface area (Å²) in [5.41, 5.74) is 1.52. The smallest absolute Gasteiger partial charge is 0.411 e. The Hall–Kier alpha value is -3.42. The van der Waals surface area contributed by atoms with E-state index in [1.54, 1.807) is 36.4 Å². The fourth-order valence-corrected chi connectivity index (χ4v) is 4.48. The molecule has 3 amide bonds. The van der Waals surface area contributed by atoms with Crippen molar-refractivity contribution in [3.63, 3.8) is 0 Å². The lowest BCUT2D eigenvalue weighted by Crippen LogP contribution is -2.41. The number of benzene rings is 2. The van der Waals surface area contributed by atoms with Gasteiger partial charge in [-0.15, -0.1) is 0 Å². The van der Waals surface area contributed by atoms with Crippen LogP contribution in [0.15, 0.2) is 42.5 Å². The number of anilines is 3. The number of nitrogens with zero attached hydrogens (tertiary/aromatic N) is 1. The zero-order chi connectivity index (χ0) is 21.3. The maximum Gasteiger partial charge on any atom is 0.411 e. The van der Waals surface area contributed by atoms with Crippen LogP contribution in [0.4, 0.5) is 26.2 Å². The van der Waals surface area contributed by atoms with E-state index in [9.17, 15) is 18.8 Å². The number of ether oxygens (including phenoxy) is 1. The Balaban J connectivity index is 1.50. The van der Waals surface area contributed by atoms with E-state index in [0.29, 0.717) is 29.2 Å². The maximum atomic E-state index is 14.6. The van der Waals surface area contributed by atoms with Crippen molar-refractivity contribution < 1.29 is 23.5 Å². The van der Waals surface area contributed by atoms with Crippen LogP contribution in [0.5, 0.6) is 0 Å². The average Bonchev–Trinajstić information content (AvgIpc) is 3.35. The molecule has 2 N–H and O–H groups in total. The quantitative estimate of drug-likeness (QED) is 0.736. The minimum Gasteiger partial charge on any atom is -0.453 e. The SMILES string of the molecule is COC(=O)Nc1ccc(NC(=O)C(=O)N2CC3(CCCC3)c3c(F)cccc32)cc1. The molecular weight excluding hydrogens is 389 g/mol. The predicted molar refractivity (Wildman–Crippen MR) is 110 cm³/mol. The van der Waals surface area contributed by atoms with Crippen molar-refractivity contribution in [2.75, 3.05) is 29.2 Å². The highest BCUT2D eigenvalue weighted by Crippen LogP contribution is 2.51. The Labute approximate surface area is 173 Å². The van der Waals surface area contributed by atoms with Crippen molar-refractivity contribution in [1.29, 1.82) is 0 Å².